The summed E-state index contributed by atoms with van der Waals surface area (Å²) in [6.45, 7) is 0. The van der Waals surface area contributed by atoms with Crippen LogP contribution in [0.5, 0.6) is 0 Å². The van der Waals surface area contributed by atoms with E-state index in [2.05, 4.69) is 20.5 Å². The van der Waals surface area contributed by atoms with Gasteiger partial charge in [-0.25, -0.2) is 4.98 Å². The molecule has 116 valence electrons. The Hall–Kier alpha value is -3.54. The van der Waals surface area contributed by atoms with Crippen molar-refractivity contribution in [1.29, 1.82) is 0 Å². The Morgan fingerprint density at radius 1 is 0.958 bits per heavy atom. The fraction of sp³-hybridized carbons (Fsp3) is 0. The lowest BCUT2D eigenvalue weighted by molar-refractivity contribution is 0.102. The summed E-state index contributed by atoms with van der Waals surface area (Å²) < 4.78 is 1.65. The average Bonchev–Trinajstić information content (AvgIpc) is 3.17. The molecule has 2 aromatic heterocycles. The summed E-state index contributed by atoms with van der Waals surface area (Å²) in [4.78, 5) is 16.8. The molecular formula is C18H13N5O. The second kappa shape index (κ2) is 5.92. The summed E-state index contributed by atoms with van der Waals surface area (Å²) in [5.41, 5.74) is 1.29. The highest BCUT2D eigenvalue weighted by Gasteiger charge is 2.10. The van der Waals surface area contributed by atoms with E-state index in [1.54, 1.807) is 22.9 Å². The molecular weight excluding hydrogens is 302 g/mol. The monoisotopic (exact) mass is 315 g/mol. The summed E-state index contributed by atoms with van der Waals surface area (Å²) >= 11 is 0. The van der Waals surface area contributed by atoms with Crippen LogP contribution in [0.25, 0.3) is 16.6 Å². The molecule has 6 nitrogen and oxygen atoms in total. The minimum atomic E-state index is -0.192. The largest absolute Gasteiger partial charge is 0.321 e. The quantitative estimate of drug-likeness (QED) is 0.630. The van der Waals surface area contributed by atoms with E-state index in [9.17, 15) is 4.79 Å². The number of carbonyl (C=O) groups excluding carboxylic acids is 1. The lowest BCUT2D eigenvalue weighted by Crippen LogP contribution is -2.13. The second-order valence-electron chi connectivity index (χ2n) is 5.25. The number of pyridine rings is 1. The SMILES string of the molecule is O=C(Nc1cccc2ccccc12)c1ccnc(-n2cnnc2)c1. The number of fused-ring (bicyclic) bond motifs is 1. The van der Waals surface area contributed by atoms with Crippen molar-refractivity contribution in [2.24, 2.45) is 0 Å². The number of nitrogens with zero attached hydrogens (tertiary/aromatic N) is 4. The molecule has 0 aliphatic heterocycles. The van der Waals surface area contributed by atoms with E-state index in [4.69, 9.17) is 0 Å². The molecule has 24 heavy (non-hydrogen) atoms. The number of hydrogen-bond donors (Lipinski definition) is 1. The van der Waals surface area contributed by atoms with Crippen LogP contribution in [-0.2, 0) is 0 Å². The van der Waals surface area contributed by atoms with Gasteiger partial charge in [-0.1, -0.05) is 36.4 Å². The zero-order valence-electron chi connectivity index (χ0n) is 12.6. The number of carbonyl (C=O) groups is 1. The molecule has 0 fully saturated rings. The molecule has 4 rings (SSSR count). The van der Waals surface area contributed by atoms with Crippen LogP contribution in [0.3, 0.4) is 0 Å². The molecule has 1 N–H and O–H groups in total. The Morgan fingerprint density at radius 3 is 2.62 bits per heavy atom. The smallest absolute Gasteiger partial charge is 0.255 e. The van der Waals surface area contributed by atoms with Crippen molar-refractivity contribution in [2.45, 2.75) is 0 Å². The standard InChI is InChI=1S/C18H13N5O/c24-18(14-8-9-19-17(10-14)23-11-20-21-12-23)22-16-7-3-5-13-4-1-2-6-15(13)16/h1-12H,(H,22,24). The third kappa shape index (κ3) is 2.61. The predicted molar refractivity (Wildman–Crippen MR) is 91.1 cm³/mol. The van der Waals surface area contributed by atoms with Gasteiger partial charge in [0.05, 0.1) is 0 Å². The molecule has 0 saturated carbocycles. The maximum atomic E-state index is 12.6. The van der Waals surface area contributed by atoms with Gasteiger partial charge in [0, 0.05) is 22.8 Å². The summed E-state index contributed by atoms with van der Waals surface area (Å²) in [5.74, 6) is 0.397. The van der Waals surface area contributed by atoms with Gasteiger partial charge in [-0.2, -0.15) is 0 Å². The Kier molecular flexibility index (Phi) is 3.47. The van der Waals surface area contributed by atoms with Crippen LogP contribution in [0, 0.1) is 0 Å². The zero-order valence-corrected chi connectivity index (χ0v) is 12.6. The number of hydrogen-bond acceptors (Lipinski definition) is 4. The first-order chi connectivity index (χ1) is 11.8. The zero-order chi connectivity index (χ0) is 16.4. The minimum Gasteiger partial charge on any atom is -0.321 e. The molecule has 2 heterocycles. The Labute approximate surface area is 137 Å². The molecule has 0 bridgehead atoms. The summed E-state index contributed by atoms with van der Waals surface area (Å²) in [6.07, 6.45) is 4.66. The number of anilines is 1. The molecule has 0 spiro atoms. The van der Waals surface area contributed by atoms with Gasteiger partial charge in [0.25, 0.3) is 5.91 Å². The van der Waals surface area contributed by atoms with Gasteiger partial charge >= 0.3 is 0 Å². The third-order valence-electron chi connectivity index (χ3n) is 3.73. The molecule has 0 atom stereocenters. The van der Waals surface area contributed by atoms with Crippen LogP contribution < -0.4 is 5.32 Å². The molecule has 0 aliphatic carbocycles. The maximum absolute atomic E-state index is 12.6. The van der Waals surface area contributed by atoms with Crippen LogP contribution >= 0.6 is 0 Å². The van der Waals surface area contributed by atoms with E-state index in [-0.39, 0.29) is 5.91 Å². The highest BCUT2D eigenvalue weighted by atomic mass is 16.1. The summed E-state index contributed by atoms with van der Waals surface area (Å²) in [6, 6.07) is 17.1. The molecule has 6 heteroatoms. The van der Waals surface area contributed by atoms with E-state index in [0.717, 1.165) is 16.5 Å². The van der Waals surface area contributed by atoms with Gasteiger partial charge in [-0.15, -0.1) is 10.2 Å². The van der Waals surface area contributed by atoms with Crippen molar-refractivity contribution < 1.29 is 4.79 Å². The van der Waals surface area contributed by atoms with Crippen LogP contribution in [0.2, 0.25) is 0 Å². The summed E-state index contributed by atoms with van der Waals surface area (Å²) in [7, 11) is 0. The van der Waals surface area contributed by atoms with Gasteiger partial charge < -0.3 is 5.32 Å². The molecule has 0 unspecified atom stereocenters. The summed E-state index contributed by atoms with van der Waals surface area (Å²) in [5, 5.41) is 12.5. The first kappa shape index (κ1) is 14.1. The van der Waals surface area contributed by atoms with Crippen LogP contribution in [0.15, 0.2) is 73.4 Å². The van der Waals surface area contributed by atoms with Crippen molar-refractivity contribution >= 4 is 22.4 Å². The van der Waals surface area contributed by atoms with Crippen molar-refractivity contribution in [3.05, 3.63) is 79.0 Å². The number of aromatic nitrogens is 4. The lowest BCUT2D eigenvalue weighted by atomic mass is 10.1. The van der Waals surface area contributed by atoms with Gasteiger partial charge in [-0.05, 0) is 23.6 Å². The third-order valence-corrected chi connectivity index (χ3v) is 3.73. The van der Waals surface area contributed by atoms with E-state index in [1.807, 2.05) is 42.5 Å². The highest BCUT2D eigenvalue weighted by molar-refractivity contribution is 6.09. The van der Waals surface area contributed by atoms with E-state index in [0.29, 0.717) is 11.4 Å². The van der Waals surface area contributed by atoms with E-state index >= 15 is 0 Å². The van der Waals surface area contributed by atoms with Crippen molar-refractivity contribution in [3.63, 3.8) is 0 Å². The average molecular weight is 315 g/mol. The normalized spacial score (nSPS) is 10.7. The lowest BCUT2D eigenvalue weighted by Gasteiger charge is -2.09. The predicted octanol–water partition coefficient (Wildman–Crippen LogP) is 3.07. The second-order valence-corrected chi connectivity index (χ2v) is 5.25. The minimum absolute atomic E-state index is 0.192. The molecule has 1 amide bonds. The fourth-order valence-electron chi connectivity index (χ4n) is 2.55. The number of benzene rings is 2. The number of rotatable bonds is 3. The maximum Gasteiger partial charge on any atom is 0.255 e. The molecule has 0 radical (unpaired) electrons. The first-order valence-corrected chi connectivity index (χ1v) is 7.41. The molecule has 0 aliphatic rings. The fourth-order valence-corrected chi connectivity index (χ4v) is 2.55. The Bertz CT molecular complexity index is 1010. The van der Waals surface area contributed by atoms with Crippen LogP contribution in [0.4, 0.5) is 5.69 Å². The van der Waals surface area contributed by atoms with Crippen molar-refractivity contribution in [1.82, 2.24) is 19.7 Å². The molecule has 2 aromatic carbocycles. The van der Waals surface area contributed by atoms with Crippen molar-refractivity contribution in [3.8, 4) is 5.82 Å². The van der Waals surface area contributed by atoms with E-state index in [1.165, 1.54) is 12.7 Å². The van der Waals surface area contributed by atoms with Crippen molar-refractivity contribution in [2.75, 3.05) is 5.32 Å². The Morgan fingerprint density at radius 2 is 1.75 bits per heavy atom. The van der Waals surface area contributed by atoms with Gasteiger partial charge in [0.15, 0.2) is 0 Å². The highest BCUT2D eigenvalue weighted by Crippen LogP contribution is 2.23. The first-order valence-electron chi connectivity index (χ1n) is 7.41. The van der Waals surface area contributed by atoms with Crippen LogP contribution in [-0.4, -0.2) is 25.7 Å². The van der Waals surface area contributed by atoms with Crippen LogP contribution in [0.1, 0.15) is 10.4 Å². The topological polar surface area (TPSA) is 72.7 Å². The number of amides is 1. The molecule has 4 aromatic rings. The van der Waals surface area contributed by atoms with Gasteiger partial charge in [0.1, 0.15) is 18.5 Å². The Balaban J connectivity index is 1.66. The molecule has 0 saturated heterocycles. The van der Waals surface area contributed by atoms with E-state index < -0.39 is 0 Å². The van der Waals surface area contributed by atoms with Gasteiger partial charge in [-0.3, -0.25) is 9.36 Å². The van der Waals surface area contributed by atoms with Gasteiger partial charge in [0.2, 0.25) is 0 Å². The number of nitrogens with one attached hydrogen (secondary N) is 1.